The number of nitrogens with one attached hydrogen (secondary N) is 1. The zero-order chi connectivity index (χ0) is 14.4. The number of amides is 1. The fourth-order valence-corrected chi connectivity index (χ4v) is 2.95. The number of carbonyl (C=O) groups is 1. The summed E-state index contributed by atoms with van der Waals surface area (Å²) in [6.07, 6.45) is 1.13. The molecule has 3 N–H and O–H groups in total. The number of hydrogen-bond acceptors (Lipinski definition) is 6. The van der Waals surface area contributed by atoms with Gasteiger partial charge in [0.05, 0.1) is 0 Å². The number of nitrogens with two attached hydrogens (primary N) is 1. The minimum absolute atomic E-state index is 0.00757. The first kappa shape index (κ1) is 15.0. The SMILES string of the molecule is CC(N)CCC(=O)Nc1ccc(Sc2nncs2)cc1. The van der Waals surface area contributed by atoms with Crippen molar-refractivity contribution >= 4 is 34.7 Å². The number of hydrogen-bond donors (Lipinski definition) is 2. The molecule has 1 atom stereocenters. The van der Waals surface area contributed by atoms with Gasteiger partial charge in [-0.05, 0) is 37.6 Å². The Balaban J connectivity index is 1.86. The molecule has 0 saturated carbocycles. The van der Waals surface area contributed by atoms with E-state index in [1.807, 2.05) is 31.2 Å². The Kier molecular flexibility index (Phi) is 5.51. The van der Waals surface area contributed by atoms with Crippen LogP contribution < -0.4 is 11.1 Å². The van der Waals surface area contributed by atoms with E-state index in [9.17, 15) is 4.79 Å². The highest BCUT2D eigenvalue weighted by atomic mass is 32.2. The third-order valence-corrected chi connectivity index (χ3v) is 4.30. The van der Waals surface area contributed by atoms with Crippen molar-refractivity contribution in [3.8, 4) is 0 Å². The Bertz CT molecular complexity index is 540. The van der Waals surface area contributed by atoms with Crippen LogP contribution in [0, 0.1) is 0 Å². The number of anilines is 1. The Morgan fingerprint density at radius 1 is 1.45 bits per heavy atom. The van der Waals surface area contributed by atoms with Crippen molar-refractivity contribution < 1.29 is 4.79 Å². The maximum Gasteiger partial charge on any atom is 0.224 e. The summed E-state index contributed by atoms with van der Waals surface area (Å²) in [7, 11) is 0. The molecular formula is C13H16N4OS2. The molecule has 1 amide bonds. The van der Waals surface area contributed by atoms with Crippen LogP contribution in [0.4, 0.5) is 5.69 Å². The summed E-state index contributed by atoms with van der Waals surface area (Å²) in [6.45, 7) is 1.90. The Hall–Kier alpha value is -1.44. The van der Waals surface area contributed by atoms with Gasteiger partial charge in [-0.2, -0.15) is 0 Å². The van der Waals surface area contributed by atoms with Crippen LogP contribution >= 0.6 is 23.1 Å². The van der Waals surface area contributed by atoms with E-state index in [0.29, 0.717) is 12.8 Å². The lowest BCUT2D eigenvalue weighted by molar-refractivity contribution is -0.116. The van der Waals surface area contributed by atoms with Crippen LogP contribution in [0.2, 0.25) is 0 Å². The van der Waals surface area contributed by atoms with E-state index in [2.05, 4.69) is 15.5 Å². The maximum absolute atomic E-state index is 11.7. The Labute approximate surface area is 126 Å². The lowest BCUT2D eigenvalue weighted by atomic mass is 10.2. The van der Waals surface area contributed by atoms with Crippen LogP contribution in [-0.2, 0) is 4.79 Å². The molecule has 0 fully saturated rings. The van der Waals surface area contributed by atoms with Crippen molar-refractivity contribution in [3.05, 3.63) is 29.8 Å². The summed E-state index contributed by atoms with van der Waals surface area (Å²) < 4.78 is 0.902. The number of nitrogens with zero attached hydrogens (tertiary/aromatic N) is 2. The second kappa shape index (κ2) is 7.37. The van der Waals surface area contributed by atoms with Gasteiger partial charge in [0.2, 0.25) is 5.91 Å². The van der Waals surface area contributed by atoms with Crippen molar-refractivity contribution in [1.82, 2.24) is 10.2 Å². The van der Waals surface area contributed by atoms with Gasteiger partial charge in [-0.25, -0.2) is 0 Å². The minimum Gasteiger partial charge on any atom is -0.328 e. The molecule has 2 rings (SSSR count). The van der Waals surface area contributed by atoms with E-state index in [1.54, 1.807) is 17.3 Å². The molecule has 0 aliphatic carbocycles. The van der Waals surface area contributed by atoms with Crippen molar-refractivity contribution in [2.24, 2.45) is 5.73 Å². The van der Waals surface area contributed by atoms with Crippen molar-refractivity contribution in [3.63, 3.8) is 0 Å². The molecule has 0 aliphatic rings. The monoisotopic (exact) mass is 308 g/mol. The third kappa shape index (κ3) is 4.92. The zero-order valence-corrected chi connectivity index (χ0v) is 12.7. The topological polar surface area (TPSA) is 80.9 Å². The standard InChI is InChI=1S/C13H16N4OS2/c1-9(14)2-7-12(18)16-10-3-5-11(6-4-10)20-13-17-15-8-19-13/h3-6,8-9H,2,7,14H2,1H3,(H,16,18). The molecule has 0 aliphatic heterocycles. The predicted molar refractivity (Wildman–Crippen MR) is 82.0 cm³/mol. The minimum atomic E-state index is -0.00757. The second-order valence-electron chi connectivity index (χ2n) is 4.40. The van der Waals surface area contributed by atoms with Gasteiger partial charge < -0.3 is 11.1 Å². The average molecular weight is 308 g/mol. The van der Waals surface area contributed by atoms with E-state index in [4.69, 9.17) is 5.73 Å². The van der Waals surface area contributed by atoms with Crippen molar-refractivity contribution in [2.75, 3.05) is 5.32 Å². The fourth-order valence-electron chi connectivity index (χ4n) is 1.50. The molecule has 1 aromatic heterocycles. The average Bonchev–Trinajstić information content (AvgIpc) is 2.92. The zero-order valence-electron chi connectivity index (χ0n) is 11.1. The molecular weight excluding hydrogens is 292 g/mol. The quantitative estimate of drug-likeness (QED) is 0.857. The molecule has 1 heterocycles. The van der Waals surface area contributed by atoms with Crippen LogP contribution in [-0.4, -0.2) is 22.1 Å². The second-order valence-corrected chi connectivity index (χ2v) is 6.55. The third-order valence-electron chi connectivity index (χ3n) is 2.51. The summed E-state index contributed by atoms with van der Waals surface area (Å²) in [5, 5.41) is 10.6. The Morgan fingerprint density at radius 3 is 2.80 bits per heavy atom. The number of carbonyl (C=O) groups excluding carboxylic acids is 1. The molecule has 1 aromatic carbocycles. The first-order chi connectivity index (χ1) is 9.63. The number of benzene rings is 1. The van der Waals surface area contributed by atoms with E-state index >= 15 is 0 Å². The maximum atomic E-state index is 11.7. The van der Waals surface area contributed by atoms with Gasteiger partial charge in [0, 0.05) is 23.0 Å². The normalized spacial score (nSPS) is 12.1. The number of aromatic nitrogens is 2. The highest BCUT2D eigenvalue weighted by molar-refractivity contribution is 8.01. The molecule has 0 spiro atoms. The summed E-state index contributed by atoms with van der Waals surface area (Å²) in [5.74, 6) is -0.00757. The molecule has 0 saturated heterocycles. The van der Waals surface area contributed by atoms with Gasteiger partial charge in [-0.15, -0.1) is 10.2 Å². The molecule has 5 nitrogen and oxygen atoms in total. The van der Waals surface area contributed by atoms with Crippen LogP contribution in [0.1, 0.15) is 19.8 Å². The smallest absolute Gasteiger partial charge is 0.224 e. The van der Waals surface area contributed by atoms with Gasteiger partial charge in [0.15, 0.2) is 4.34 Å². The lowest BCUT2D eigenvalue weighted by Crippen LogP contribution is -2.19. The molecule has 20 heavy (non-hydrogen) atoms. The van der Waals surface area contributed by atoms with Crippen molar-refractivity contribution in [2.45, 2.75) is 35.0 Å². The van der Waals surface area contributed by atoms with Gasteiger partial charge in [-0.1, -0.05) is 23.1 Å². The predicted octanol–water partition coefficient (Wildman–Crippen LogP) is 2.76. The van der Waals surface area contributed by atoms with Crippen LogP contribution in [0.5, 0.6) is 0 Å². The van der Waals surface area contributed by atoms with E-state index in [1.165, 1.54) is 11.3 Å². The molecule has 106 valence electrons. The lowest BCUT2D eigenvalue weighted by Gasteiger charge is -2.07. The largest absolute Gasteiger partial charge is 0.328 e. The van der Waals surface area contributed by atoms with Crippen LogP contribution in [0.3, 0.4) is 0 Å². The molecule has 0 bridgehead atoms. The van der Waals surface area contributed by atoms with E-state index in [0.717, 1.165) is 14.9 Å². The highest BCUT2D eigenvalue weighted by Crippen LogP contribution is 2.29. The summed E-state index contributed by atoms with van der Waals surface area (Å²) in [6, 6.07) is 7.72. The van der Waals surface area contributed by atoms with Gasteiger partial charge in [0.1, 0.15) is 5.51 Å². The van der Waals surface area contributed by atoms with Gasteiger partial charge in [-0.3, -0.25) is 4.79 Å². The molecule has 2 aromatic rings. The molecule has 1 unspecified atom stereocenters. The first-order valence-corrected chi connectivity index (χ1v) is 7.92. The van der Waals surface area contributed by atoms with Crippen LogP contribution in [0.25, 0.3) is 0 Å². The summed E-state index contributed by atoms with van der Waals surface area (Å²) >= 11 is 3.05. The van der Waals surface area contributed by atoms with Gasteiger partial charge >= 0.3 is 0 Å². The molecule has 7 heteroatoms. The highest BCUT2D eigenvalue weighted by Gasteiger charge is 2.05. The summed E-state index contributed by atoms with van der Waals surface area (Å²) in [5.41, 5.74) is 8.12. The van der Waals surface area contributed by atoms with E-state index in [-0.39, 0.29) is 11.9 Å². The summed E-state index contributed by atoms with van der Waals surface area (Å²) in [4.78, 5) is 12.7. The number of rotatable bonds is 6. The van der Waals surface area contributed by atoms with E-state index < -0.39 is 0 Å². The first-order valence-electron chi connectivity index (χ1n) is 6.23. The van der Waals surface area contributed by atoms with Gasteiger partial charge in [0.25, 0.3) is 0 Å². The van der Waals surface area contributed by atoms with Crippen LogP contribution in [0.15, 0.2) is 39.0 Å². The fraction of sp³-hybridized carbons (Fsp3) is 0.308. The Morgan fingerprint density at radius 2 is 2.20 bits per heavy atom. The molecule has 0 radical (unpaired) electrons. The van der Waals surface area contributed by atoms with Crippen molar-refractivity contribution in [1.29, 1.82) is 0 Å².